The van der Waals surface area contributed by atoms with Crippen molar-refractivity contribution in [2.24, 2.45) is 0 Å². The van der Waals surface area contributed by atoms with Gasteiger partial charge in [-0.2, -0.15) is 0 Å². The van der Waals surface area contributed by atoms with Gasteiger partial charge in [0.1, 0.15) is 10.8 Å². The predicted octanol–water partition coefficient (Wildman–Crippen LogP) is 6.48. The van der Waals surface area contributed by atoms with E-state index in [1.54, 1.807) is 18.4 Å². The molecule has 6 heteroatoms. The Kier molecular flexibility index (Phi) is 7.87. The monoisotopic (exact) mass is 511 g/mol. The minimum absolute atomic E-state index is 0.0308. The summed E-state index contributed by atoms with van der Waals surface area (Å²) in [5.41, 5.74) is 4.17. The van der Waals surface area contributed by atoms with E-state index in [1.165, 1.54) is 10.6 Å². The molecule has 1 amide bonds. The fraction of sp³-hybridized carbons (Fsp3) is 0.258. The molecular formula is C31H33N3O2S. The molecular weight excluding hydrogens is 478 g/mol. The zero-order valence-electron chi connectivity index (χ0n) is 21.4. The molecule has 0 bridgehead atoms. The summed E-state index contributed by atoms with van der Waals surface area (Å²) in [6.45, 7) is 5.84. The number of carbonyl (C=O) groups excluding carboxylic acids is 1. The lowest BCUT2D eigenvalue weighted by molar-refractivity contribution is 0.102. The molecule has 4 aromatic rings. The van der Waals surface area contributed by atoms with Gasteiger partial charge in [0.2, 0.25) is 0 Å². The van der Waals surface area contributed by atoms with Crippen LogP contribution in [0.3, 0.4) is 0 Å². The highest BCUT2D eigenvalue weighted by Gasteiger charge is 2.32. The number of hydrogen-bond acceptors (Lipinski definition) is 5. The van der Waals surface area contributed by atoms with Crippen LogP contribution in [0, 0.1) is 0 Å². The van der Waals surface area contributed by atoms with E-state index in [1.807, 2.05) is 42.5 Å². The standard InChI is InChI=1S/C31H33N3O2S/c1-3-25-22-27(31(37-25)32-30(35)23-12-6-4-7-13-23)29(26-16-10-11-17-28(26)36-2)34-20-18-33(19-21-34)24-14-8-5-9-15-24/h4-17,22,29H,3,18-21H2,1-2H3,(H,32,35)/t29-/m1/s1. The number of ether oxygens (including phenoxy) is 1. The van der Waals surface area contributed by atoms with Gasteiger partial charge in [0, 0.05) is 53.4 Å². The maximum absolute atomic E-state index is 13.2. The van der Waals surface area contributed by atoms with E-state index >= 15 is 0 Å². The molecule has 0 radical (unpaired) electrons. The number of thiophene rings is 1. The zero-order valence-corrected chi connectivity index (χ0v) is 22.2. The van der Waals surface area contributed by atoms with E-state index in [-0.39, 0.29) is 11.9 Å². The second-order valence-corrected chi connectivity index (χ2v) is 10.3. The van der Waals surface area contributed by atoms with E-state index in [0.717, 1.165) is 54.5 Å². The lowest BCUT2D eigenvalue weighted by Crippen LogP contribution is -2.48. The summed E-state index contributed by atoms with van der Waals surface area (Å²) >= 11 is 1.67. The molecule has 1 aliphatic rings. The second kappa shape index (κ2) is 11.6. The van der Waals surface area contributed by atoms with Crippen molar-refractivity contribution in [2.75, 3.05) is 43.5 Å². The van der Waals surface area contributed by atoms with Crippen LogP contribution in [0.5, 0.6) is 5.75 Å². The smallest absolute Gasteiger partial charge is 0.256 e. The van der Waals surface area contributed by atoms with Crippen LogP contribution >= 0.6 is 11.3 Å². The topological polar surface area (TPSA) is 44.8 Å². The number of amides is 1. The summed E-state index contributed by atoms with van der Waals surface area (Å²) in [7, 11) is 1.73. The van der Waals surface area contributed by atoms with Crippen molar-refractivity contribution in [2.45, 2.75) is 19.4 Å². The van der Waals surface area contributed by atoms with Crippen molar-refractivity contribution in [1.29, 1.82) is 0 Å². The van der Waals surface area contributed by atoms with Gasteiger partial charge in [-0.1, -0.05) is 61.5 Å². The first-order valence-corrected chi connectivity index (χ1v) is 13.7. The number of nitrogens with zero attached hydrogens (tertiary/aromatic N) is 2. The van der Waals surface area contributed by atoms with Gasteiger partial charge in [-0.3, -0.25) is 9.69 Å². The van der Waals surface area contributed by atoms with Gasteiger partial charge in [-0.25, -0.2) is 0 Å². The van der Waals surface area contributed by atoms with Crippen LogP contribution in [-0.2, 0) is 6.42 Å². The van der Waals surface area contributed by atoms with Crippen molar-refractivity contribution >= 4 is 27.9 Å². The summed E-state index contributed by atoms with van der Waals surface area (Å²) in [4.78, 5) is 19.4. The molecule has 1 fully saturated rings. The lowest BCUT2D eigenvalue weighted by atomic mass is 9.96. The molecule has 0 aliphatic carbocycles. The second-order valence-electron chi connectivity index (χ2n) is 9.17. The van der Waals surface area contributed by atoms with Gasteiger partial charge < -0.3 is 15.0 Å². The molecule has 1 atom stereocenters. The summed E-state index contributed by atoms with van der Waals surface area (Å²) in [5, 5.41) is 4.15. The normalized spacial score (nSPS) is 14.8. The van der Waals surface area contributed by atoms with E-state index in [4.69, 9.17) is 4.74 Å². The Bertz CT molecular complexity index is 1310. The molecule has 0 unspecified atom stereocenters. The molecule has 37 heavy (non-hydrogen) atoms. The van der Waals surface area contributed by atoms with Crippen molar-refractivity contribution < 1.29 is 9.53 Å². The minimum Gasteiger partial charge on any atom is -0.496 e. The van der Waals surface area contributed by atoms with Gasteiger partial charge in [-0.05, 0) is 42.8 Å². The number of aryl methyl sites for hydroxylation is 1. The maximum Gasteiger partial charge on any atom is 0.256 e. The number of nitrogens with one attached hydrogen (secondary N) is 1. The van der Waals surface area contributed by atoms with Gasteiger partial charge in [-0.15, -0.1) is 11.3 Å². The van der Waals surface area contributed by atoms with Gasteiger partial charge in [0.05, 0.1) is 13.2 Å². The first-order valence-electron chi connectivity index (χ1n) is 12.8. The number of methoxy groups -OCH3 is 1. The Morgan fingerprint density at radius 2 is 1.54 bits per heavy atom. The van der Waals surface area contributed by atoms with Crippen LogP contribution in [0.25, 0.3) is 0 Å². The molecule has 1 saturated heterocycles. The predicted molar refractivity (Wildman–Crippen MR) is 153 cm³/mol. The number of para-hydroxylation sites is 2. The number of benzene rings is 3. The summed E-state index contributed by atoms with van der Waals surface area (Å²) in [5.74, 6) is 0.779. The van der Waals surface area contributed by atoms with Crippen LogP contribution < -0.4 is 15.0 Å². The van der Waals surface area contributed by atoms with Crippen LogP contribution in [0.2, 0.25) is 0 Å². The highest BCUT2D eigenvalue weighted by atomic mass is 32.1. The molecule has 1 aromatic heterocycles. The SMILES string of the molecule is CCc1cc([C@@H](c2ccccc2OC)N2CCN(c3ccccc3)CC2)c(NC(=O)c2ccccc2)s1. The van der Waals surface area contributed by atoms with Gasteiger partial charge in [0.25, 0.3) is 5.91 Å². The molecule has 190 valence electrons. The average Bonchev–Trinajstić information content (AvgIpc) is 3.37. The molecule has 5 rings (SSSR count). The largest absolute Gasteiger partial charge is 0.496 e. The van der Waals surface area contributed by atoms with Gasteiger partial charge in [0.15, 0.2) is 0 Å². The van der Waals surface area contributed by atoms with Crippen molar-refractivity contribution in [1.82, 2.24) is 4.90 Å². The van der Waals surface area contributed by atoms with Gasteiger partial charge >= 0.3 is 0 Å². The number of rotatable bonds is 8. The number of anilines is 2. The molecule has 2 heterocycles. The summed E-state index contributed by atoms with van der Waals surface area (Å²) < 4.78 is 5.83. The fourth-order valence-corrected chi connectivity index (χ4v) is 6.05. The van der Waals surface area contributed by atoms with E-state index in [2.05, 4.69) is 70.6 Å². The Labute approximate surface area is 223 Å². The molecule has 3 aromatic carbocycles. The van der Waals surface area contributed by atoms with Crippen molar-refractivity contribution in [3.05, 3.63) is 113 Å². The summed E-state index contributed by atoms with van der Waals surface area (Å²) in [6.07, 6.45) is 0.916. The van der Waals surface area contributed by atoms with Crippen LogP contribution in [0.1, 0.15) is 39.3 Å². The van der Waals surface area contributed by atoms with E-state index in [0.29, 0.717) is 5.56 Å². The zero-order chi connectivity index (χ0) is 25.6. The van der Waals surface area contributed by atoms with Crippen LogP contribution in [0.15, 0.2) is 91.0 Å². The van der Waals surface area contributed by atoms with Crippen molar-refractivity contribution in [3.63, 3.8) is 0 Å². The minimum atomic E-state index is -0.0842. The molecule has 1 aliphatic heterocycles. The highest BCUT2D eigenvalue weighted by Crippen LogP contribution is 2.42. The number of carbonyl (C=O) groups is 1. The third-order valence-corrected chi connectivity index (χ3v) is 8.16. The Morgan fingerprint density at radius 1 is 0.892 bits per heavy atom. The Hall–Kier alpha value is -3.61. The third-order valence-electron chi connectivity index (χ3n) is 6.95. The van der Waals surface area contributed by atoms with E-state index < -0.39 is 0 Å². The molecule has 5 nitrogen and oxygen atoms in total. The first kappa shape index (κ1) is 25.1. The number of hydrogen-bond donors (Lipinski definition) is 1. The van der Waals surface area contributed by atoms with Crippen LogP contribution in [0.4, 0.5) is 10.7 Å². The van der Waals surface area contributed by atoms with E-state index in [9.17, 15) is 4.79 Å². The van der Waals surface area contributed by atoms with Crippen molar-refractivity contribution in [3.8, 4) is 5.75 Å². The molecule has 0 saturated carbocycles. The first-order chi connectivity index (χ1) is 18.2. The average molecular weight is 512 g/mol. The molecule has 0 spiro atoms. The Morgan fingerprint density at radius 3 is 2.22 bits per heavy atom. The van der Waals surface area contributed by atoms with Crippen LogP contribution in [-0.4, -0.2) is 44.1 Å². The number of piperazine rings is 1. The molecule has 1 N–H and O–H groups in total. The summed E-state index contributed by atoms with van der Waals surface area (Å²) in [6, 6.07) is 30.5. The maximum atomic E-state index is 13.2. The quantitative estimate of drug-likeness (QED) is 0.294. The fourth-order valence-electron chi connectivity index (χ4n) is 5.03. The Balaban J connectivity index is 1.50. The third kappa shape index (κ3) is 5.55. The highest BCUT2D eigenvalue weighted by molar-refractivity contribution is 7.16. The lowest BCUT2D eigenvalue weighted by Gasteiger charge is -2.41.